The van der Waals surface area contributed by atoms with E-state index >= 15 is 0 Å². The van der Waals surface area contributed by atoms with Crippen LogP contribution in [0.2, 0.25) is 0 Å². The van der Waals surface area contributed by atoms with Crippen LogP contribution in [-0.4, -0.2) is 49.1 Å². The molecule has 0 saturated heterocycles. The van der Waals surface area contributed by atoms with Crippen molar-refractivity contribution in [3.05, 3.63) is 72.8 Å². The van der Waals surface area contributed by atoms with Crippen LogP contribution >= 0.6 is 0 Å². The number of hydrogen-bond donors (Lipinski definition) is 0. The van der Waals surface area contributed by atoms with Crippen molar-refractivity contribution in [3.8, 4) is 0 Å². The Morgan fingerprint density at radius 3 is 1.26 bits per heavy atom. The van der Waals surface area contributed by atoms with E-state index in [0.29, 0.717) is 11.4 Å². The Morgan fingerprint density at radius 1 is 0.647 bits per heavy atom. The number of nitrogens with zero attached hydrogens (tertiary/aromatic N) is 2. The molecule has 0 unspecified atom stereocenters. The first kappa shape index (κ1) is 26.3. The van der Waals surface area contributed by atoms with Gasteiger partial charge in [0.1, 0.15) is 0 Å². The number of benzene rings is 2. The Kier molecular flexibility index (Phi) is 10.0. The highest BCUT2D eigenvalue weighted by Gasteiger charge is 2.21. The highest BCUT2D eigenvalue weighted by atomic mass is 16.5. The number of ether oxygens (including phenoxy) is 2. The lowest BCUT2D eigenvalue weighted by atomic mass is 10.2. The summed E-state index contributed by atoms with van der Waals surface area (Å²) in [6.07, 6.45) is 1.72. The van der Waals surface area contributed by atoms with Crippen molar-refractivity contribution in [2.75, 3.05) is 23.0 Å². The summed E-state index contributed by atoms with van der Waals surface area (Å²) in [5, 5.41) is 0. The van der Waals surface area contributed by atoms with Crippen molar-refractivity contribution in [1.82, 2.24) is 0 Å². The van der Waals surface area contributed by atoms with E-state index in [0.717, 1.165) is 12.2 Å². The molecule has 0 aromatic heterocycles. The Hall–Kier alpha value is -3.94. The van der Waals surface area contributed by atoms with Gasteiger partial charge >= 0.3 is 11.9 Å². The molecule has 0 aliphatic heterocycles. The molecule has 0 atom stereocenters. The van der Waals surface area contributed by atoms with Gasteiger partial charge in [0.25, 0.3) is 11.8 Å². The molecule has 0 aliphatic rings. The second-order valence-electron chi connectivity index (χ2n) is 7.93. The molecule has 0 saturated carbocycles. The zero-order valence-electron chi connectivity index (χ0n) is 19.8. The maximum absolute atomic E-state index is 12.5. The summed E-state index contributed by atoms with van der Waals surface area (Å²) in [5.41, 5.74) is 1.38. The lowest BCUT2D eigenvalue weighted by Crippen LogP contribution is -2.40. The molecule has 0 radical (unpaired) electrons. The fraction of sp³-hybridized carbons (Fsp3) is 0.308. The van der Waals surface area contributed by atoms with Crippen LogP contribution in [0.4, 0.5) is 11.4 Å². The van der Waals surface area contributed by atoms with Gasteiger partial charge in [0.2, 0.25) is 0 Å². The van der Waals surface area contributed by atoms with E-state index in [1.165, 1.54) is 9.80 Å². The van der Waals surface area contributed by atoms with E-state index in [1.54, 1.807) is 24.3 Å². The molecule has 8 heteroatoms. The maximum Gasteiger partial charge on any atom is 0.331 e. The first-order chi connectivity index (χ1) is 16.2. The van der Waals surface area contributed by atoms with Gasteiger partial charge < -0.3 is 19.3 Å². The number of hydrogen-bond acceptors (Lipinski definition) is 6. The number of rotatable bonds is 10. The molecule has 2 amide bonds. The standard InChI is InChI=1S/C26H30N2O6/c1-19(2)27(21-11-7-5-8-12-21)23(29)17-33-25(31)15-16-26(32)34-18-24(30)28(20(3)4)22-13-9-6-10-14-22/h5-16,19-20H,17-18H2,1-4H3/b16-15+. The van der Waals surface area contributed by atoms with Gasteiger partial charge in [-0.3, -0.25) is 9.59 Å². The summed E-state index contributed by atoms with van der Waals surface area (Å²) in [4.78, 5) is 52.0. The molecule has 34 heavy (non-hydrogen) atoms. The number of amides is 2. The zero-order valence-corrected chi connectivity index (χ0v) is 19.8. The van der Waals surface area contributed by atoms with Gasteiger partial charge in [-0.25, -0.2) is 9.59 Å². The molecular weight excluding hydrogens is 436 g/mol. The summed E-state index contributed by atoms with van der Waals surface area (Å²) in [6.45, 7) is 6.43. The summed E-state index contributed by atoms with van der Waals surface area (Å²) in [5.74, 6) is -2.54. The normalized spacial score (nSPS) is 10.9. The number of esters is 2. The Morgan fingerprint density at radius 2 is 0.971 bits per heavy atom. The molecule has 2 aromatic carbocycles. The molecule has 2 aromatic rings. The number of carbonyl (C=O) groups excluding carboxylic acids is 4. The molecule has 8 nitrogen and oxygen atoms in total. The van der Waals surface area contributed by atoms with Crippen molar-refractivity contribution in [2.45, 2.75) is 39.8 Å². The van der Waals surface area contributed by atoms with E-state index in [1.807, 2.05) is 64.1 Å². The monoisotopic (exact) mass is 466 g/mol. The smallest absolute Gasteiger partial charge is 0.331 e. The van der Waals surface area contributed by atoms with Crippen LogP contribution in [0.5, 0.6) is 0 Å². The average Bonchev–Trinajstić information content (AvgIpc) is 2.81. The second kappa shape index (κ2) is 12.9. The topological polar surface area (TPSA) is 93.2 Å². The van der Waals surface area contributed by atoms with Gasteiger partial charge in [-0.1, -0.05) is 36.4 Å². The minimum atomic E-state index is -0.874. The van der Waals surface area contributed by atoms with Crippen molar-refractivity contribution < 1.29 is 28.7 Å². The second-order valence-corrected chi connectivity index (χ2v) is 7.93. The average molecular weight is 467 g/mol. The summed E-state index contributed by atoms with van der Waals surface area (Å²) in [7, 11) is 0. The summed E-state index contributed by atoms with van der Waals surface area (Å²) in [6, 6.07) is 17.8. The lowest BCUT2D eigenvalue weighted by Gasteiger charge is -2.26. The van der Waals surface area contributed by atoms with Gasteiger partial charge in [-0.05, 0) is 52.0 Å². The van der Waals surface area contributed by atoms with E-state index in [4.69, 9.17) is 9.47 Å². The van der Waals surface area contributed by atoms with Gasteiger partial charge in [0, 0.05) is 35.6 Å². The number of carbonyl (C=O) groups is 4. The molecule has 0 heterocycles. The van der Waals surface area contributed by atoms with Crippen molar-refractivity contribution in [2.24, 2.45) is 0 Å². The summed E-state index contributed by atoms with van der Waals surface area (Å²) < 4.78 is 9.92. The minimum Gasteiger partial charge on any atom is -0.452 e. The Bertz CT molecular complexity index is 921. The third-order valence-electron chi connectivity index (χ3n) is 4.67. The van der Waals surface area contributed by atoms with E-state index in [-0.39, 0.29) is 12.1 Å². The van der Waals surface area contributed by atoms with Crippen LogP contribution in [-0.2, 0) is 28.7 Å². The fourth-order valence-corrected chi connectivity index (χ4v) is 3.27. The molecule has 0 bridgehead atoms. The van der Waals surface area contributed by atoms with Crippen molar-refractivity contribution in [1.29, 1.82) is 0 Å². The van der Waals surface area contributed by atoms with Crippen LogP contribution in [0, 0.1) is 0 Å². The van der Waals surface area contributed by atoms with Gasteiger partial charge in [-0.2, -0.15) is 0 Å². The highest BCUT2D eigenvalue weighted by molar-refractivity contribution is 5.98. The van der Waals surface area contributed by atoms with Crippen LogP contribution in [0.15, 0.2) is 72.8 Å². The SMILES string of the molecule is CC(C)N(C(=O)COC(=O)/C=C/C(=O)OCC(=O)N(c1ccccc1)C(C)C)c1ccccc1. The van der Waals surface area contributed by atoms with Crippen LogP contribution in [0.1, 0.15) is 27.7 Å². The minimum absolute atomic E-state index is 0.141. The first-order valence-electron chi connectivity index (χ1n) is 11.0. The van der Waals surface area contributed by atoms with Crippen LogP contribution < -0.4 is 9.80 Å². The number of anilines is 2. The lowest BCUT2D eigenvalue weighted by molar-refractivity contribution is -0.144. The van der Waals surface area contributed by atoms with Crippen LogP contribution in [0.25, 0.3) is 0 Å². The third kappa shape index (κ3) is 7.88. The van der Waals surface area contributed by atoms with Crippen molar-refractivity contribution >= 4 is 35.1 Å². The van der Waals surface area contributed by atoms with Gasteiger partial charge in [0.05, 0.1) is 0 Å². The molecule has 180 valence electrons. The van der Waals surface area contributed by atoms with Gasteiger partial charge in [0.15, 0.2) is 13.2 Å². The molecule has 0 fully saturated rings. The highest BCUT2D eigenvalue weighted by Crippen LogP contribution is 2.17. The zero-order chi connectivity index (χ0) is 25.1. The predicted molar refractivity (Wildman–Crippen MR) is 129 cm³/mol. The van der Waals surface area contributed by atoms with E-state index in [2.05, 4.69) is 0 Å². The first-order valence-corrected chi connectivity index (χ1v) is 11.0. The molecule has 0 aliphatic carbocycles. The molecule has 2 rings (SSSR count). The maximum atomic E-state index is 12.5. The summed E-state index contributed by atoms with van der Waals surface area (Å²) >= 11 is 0. The molecule has 0 N–H and O–H groups in total. The molecular formula is C26H30N2O6. The predicted octanol–water partition coefficient (Wildman–Crippen LogP) is 3.51. The Labute approximate surface area is 199 Å². The van der Waals surface area contributed by atoms with Gasteiger partial charge in [-0.15, -0.1) is 0 Å². The third-order valence-corrected chi connectivity index (χ3v) is 4.67. The molecule has 0 spiro atoms. The largest absolute Gasteiger partial charge is 0.452 e. The fourth-order valence-electron chi connectivity index (χ4n) is 3.27. The van der Waals surface area contributed by atoms with E-state index < -0.39 is 37.0 Å². The van der Waals surface area contributed by atoms with Crippen LogP contribution in [0.3, 0.4) is 0 Å². The Balaban J connectivity index is 1.84. The van der Waals surface area contributed by atoms with Crippen molar-refractivity contribution in [3.63, 3.8) is 0 Å². The quantitative estimate of drug-likeness (QED) is 0.393. The number of para-hydroxylation sites is 2. The van der Waals surface area contributed by atoms with E-state index in [9.17, 15) is 19.2 Å².